The van der Waals surface area contributed by atoms with Crippen molar-refractivity contribution in [3.63, 3.8) is 0 Å². The van der Waals surface area contributed by atoms with Gasteiger partial charge >= 0.3 is 0 Å². The van der Waals surface area contributed by atoms with E-state index >= 15 is 0 Å². The first kappa shape index (κ1) is 37.3. The summed E-state index contributed by atoms with van der Waals surface area (Å²) in [6, 6.07) is 89.6. The van der Waals surface area contributed by atoms with Crippen LogP contribution in [0.3, 0.4) is 0 Å². The average Bonchev–Trinajstić information content (AvgIpc) is 4.12. The molecule has 0 atom stereocenters. The Bertz CT molecular complexity index is 4130. The van der Waals surface area contributed by atoms with Crippen molar-refractivity contribution in [3.8, 4) is 39.1 Å². The molecular formula is C65H40N2O. The third-order valence-electron chi connectivity index (χ3n) is 15.0. The number of hydrogen-bond donors (Lipinski definition) is 0. The summed E-state index contributed by atoms with van der Waals surface area (Å²) < 4.78 is 9.00. The number of rotatable bonds is 5. The maximum Gasteiger partial charge on any atom is 0.136 e. The quantitative estimate of drug-likeness (QED) is 0.172. The van der Waals surface area contributed by atoms with Gasteiger partial charge < -0.3 is 13.9 Å². The van der Waals surface area contributed by atoms with Crippen molar-refractivity contribution in [2.75, 3.05) is 4.90 Å². The molecule has 2 aromatic heterocycles. The third kappa shape index (κ3) is 5.02. The van der Waals surface area contributed by atoms with Crippen LogP contribution in [0.25, 0.3) is 93.6 Å². The van der Waals surface area contributed by atoms with Crippen molar-refractivity contribution in [2.45, 2.75) is 5.41 Å². The number of para-hydroxylation sites is 5. The van der Waals surface area contributed by atoms with Gasteiger partial charge in [-0.3, -0.25) is 0 Å². The second kappa shape index (κ2) is 14.0. The molecule has 15 rings (SSSR count). The summed E-state index contributed by atoms with van der Waals surface area (Å²) in [6.45, 7) is 0. The molecule has 0 fully saturated rings. The highest BCUT2D eigenvalue weighted by molar-refractivity contribution is 6.12. The number of fused-ring (bicyclic) bond motifs is 17. The zero-order valence-corrected chi connectivity index (χ0v) is 36.9. The molecule has 2 aliphatic carbocycles. The normalized spacial score (nSPS) is 13.1. The molecular weight excluding hydrogens is 825 g/mol. The molecule has 0 aliphatic heterocycles. The lowest BCUT2D eigenvalue weighted by atomic mass is 9.70. The predicted molar refractivity (Wildman–Crippen MR) is 282 cm³/mol. The Morgan fingerprint density at radius 1 is 0.338 bits per heavy atom. The summed E-state index contributed by atoms with van der Waals surface area (Å²) in [7, 11) is 0. The minimum atomic E-state index is -0.496. The SMILES string of the molecule is c1ccc(N(c2ccc3c(c2)C2(c4ccccc4-c4ccccc42)c2ccccc2-3)c2ccccc2-n2c3ccccc3c3ccccc32)c(-c2ccc3oc4cc5ccccc5cc4c3c2)c1. The highest BCUT2D eigenvalue weighted by atomic mass is 16.3. The molecule has 0 amide bonds. The average molecular weight is 865 g/mol. The minimum absolute atomic E-state index is 0.496. The summed E-state index contributed by atoms with van der Waals surface area (Å²) >= 11 is 0. The van der Waals surface area contributed by atoms with Crippen molar-refractivity contribution in [3.05, 3.63) is 265 Å². The van der Waals surface area contributed by atoms with Gasteiger partial charge in [0.15, 0.2) is 0 Å². The van der Waals surface area contributed by atoms with Crippen LogP contribution in [-0.2, 0) is 5.41 Å². The molecule has 3 nitrogen and oxygen atoms in total. The molecule has 13 aromatic rings. The third-order valence-corrected chi connectivity index (χ3v) is 15.0. The molecule has 0 saturated heterocycles. The lowest BCUT2D eigenvalue weighted by molar-refractivity contribution is 0.669. The molecule has 2 aliphatic rings. The number of aromatic nitrogens is 1. The van der Waals surface area contributed by atoms with Gasteiger partial charge in [-0.15, -0.1) is 0 Å². The molecule has 0 saturated carbocycles. The Labute approximate surface area is 393 Å². The number of anilines is 3. The van der Waals surface area contributed by atoms with Crippen LogP contribution in [0.2, 0.25) is 0 Å². The van der Waals surface area contributed by atoms with E-state index in [0.29, 0.717) is 0 Å². The maximum absolute atomic E-state index is 6.55. The van der Waals surface area contributed by atoms with Crippen molar-refractivity contribution in [1.29, 1.82) is 0 Å². The van der Waals surface area contributed by atoms with Crippen molar-refractivity contribution in [2.24, 2.45) is 0 Å². The monoisotopic (exact) mass is 864 g/mol. The van der Waals surface area contributed by atoms with E-state index in [0.717, 1.165) is 55.8 Å². The number of benzene rings is 11. The van der Waals surface area contributed by atoms with Gasteiger partial charge in [0.25, 0.3) is 0 Å². The van der Waals surface area contributed by atoms with E-state index in [1.807, 2.05) is 0 Å². The molecule has 0 bridgehead atoms. The van der Waals surface area contributed by atoms with Crippen LogP contribution in [0.5, 0.6) is 0 Å². The van der Waals surface area contributed by atoms with Crippen molar-refractivity contribution < 1.29 is 4.42 Å². The Balaban J connectivity index is 1.02. The van der Waals surface area contributed by atoms with Crippen LogP contribution in [0.1, 0.15) is 22.3 Å². The van der Waals surface area contributed by atoms with Gasteiger partial charge in [0.2, 0.25) is 0 Å². The molecule has 0 N–H and O–H groups in total. The van der Waals surface area contributed by atoms with Gasteiger partial charge in [-0.05, 0) is 128 Å². The molecule has 1 spiro atoms. The van der Waals surface area contributed by atoms with Gasteiger partial charge in [0.1, 0.15) is 11.2 Å². The van der Waals surface area contributed by atoms with E-state index in [9.17, 15) is 0 Å². The van der Waals surface area contributed by atoms with Crippen LogP contribution < -0.4 is 4.90 Å². The van der Waals surface area contributed by atoms with Crippen LogP contribution in [-0.4, -0.2) is 4.57 Å². The lowest BCUT2D eigenvalue weighted by Crippen LogP contribution is -2.26. The second-order valence-corrected chi connectivity index (χ2v) is 18.3. The van der Waals surface area contributed by atoms with E-state index in [2.05, 4.69) is 252 Å². The van der Waals surface area contributed by atoms with Gasteiger partial charge in [-0.1, -0.05) is 176 Å². The summed E-state index contributed by atoms with van der Waals surface area (Å²) in [5, 5.41) is 7.05. The van der Waals surface area contributed by atoms with Gasteiger partial charge in [0.05, 0.1) is 33.5 Å². The largest absolute Gasteiger partial charge is 0.456 e. The first-order valence-electron chi connectivity index (χ1n) is 23.5. The van der Waals surface area contributed by atoms with E-state index in [4.69, 9.17) is 4.42 Å². The smallest absolute Gasteiger partial charge is 0.136 e. The Hall–Kier alpha value is -8.92. The van der Waals surface area contributed by atoms with Gasteiger partial charge in [0, 0.05) is 32.8 Å². The second-order valence-electron chi connectivity index (χ2n) is 18.3. The first-order valence-corrected chi connectivity index (χ1v) is 23.5. The Kier molecular flexibility index (Phi) is 7.71. The van der Waals surface area contributed by atoms with E-state index < -0.39 is 5.41 Å². The number of hydrogen-bond acceptors (Lipinski definition) is 2. The molecule has 0 radical (unpaired) electrons. The number of furan rings is 1. The summed E-state index contributed by atoms with van der Waals surface area (Å²) in [5.41, 5.74) is 20.6. The summed E-state index contributed by atoms with van der Waals surface area (Å²) in [5.74, 6) is 0. The first-order chi connectivity index (χ1) is 33.7. The van der Waals surface area contributed by atoms with E-state index in [1.54, 1.807) is 0 Å². The van der Waals surface area contributed by atoms with Crippen LogP contribution in [0, 0.1) is 0 Å². The molecule has 316 valence electrons. The van der Waals surface area contributed by atoms with E-state index in [-0.39, 0.29) is 0 Å². The molecule has 3 heteroatoms. The predicted octanol–water partition coefficient (Wildman–Crippen LogP) is 17.3. The zero-order valence-electron chi connectivity index (χ0n) is 36.9. The number of nitrogens with zero attached hydrogens (tertiary/aromatic N) is 2. The Morgan fingerprint density at radius 2 is 0.853 bits per heavy atom. The van der Waals surface area contributed by atoms with Gasteiger partial charge in [-0.2, -0.15) is 0 Å². The standard InChI is InChI=1S/C65H40N2O/c1-2-18-42-39-64-53(37-41(42)17-1)52-38-43(33-36-63(52)68-64)45-19-6-12-28-58(45)66(61-31-15-16-32-62(61)67-59-29-13-7-23-50(59)51-24-8-14-30-60(51)67)44-34-35-49-48-22-5-11-27-56(48)65(57(49)40-44)54-25-9-3-20-46(54)47-21-4-10-26-55(47)65/h1-40H. The van der Waals surface area contributed by atoms with Crippen molar-refractivity contribution >= 4 is 71.6 Å². The van der Waals surface area contributed by atoms with Crippen LogP contribution in [0.15, 0.2) is 247 Å². The highest BCUT2D eigenvalue weighted by Gasteiger charge is 2.51. The minimum Gasteiger partial charge on any atom is -0.456 e. The molecule has 2 heterocycles. The lowest BCUT2D eigenvalue weighted by Gasteiger charge is -2.33. The summed E-state index contributed by atoms with van der Waals surface area (Å²) in [4.78, 5) is 2.52. The van der Waals surface area contributed by atoms with Crippen LogP contribution in [0.4, 0.5) is 17.1 Å². The summed E-state index contributed by atoms with van der Waals surface area (Å²) in [6.07, 6.45) is 0. The van der Waals surface area contributed by atoms with Crippen molar-refractivity contribution in [1.82, 2.24) is 4.57 Å². The topological polar surface area (TPSA) is 21.3 Å². The van der Waals surface area contributed by atoms with Gasteiger partial charge in [-0.25, -0.2) is 0 Å². The Morgan fingerprint density at radius 3 is 1.53 bits per heavy atom. The fourth-order valence-corrected chi connectivity index (χ4v) is 12.2. The fourth-order valence-electron chi connectivity index (χ4n) is 12.2. The van der Waals surface area contributed by atoms with Crippen LogP contribution >= 0.6 is 0 Å². The van der Waals surface area contributed by atoms with E-state index in [1.165, 1.54) is 77.1 Å². The highest BCUT2D eigenvalue weighted by Crippen LogP contribution is 2.63. The zero-order chi connectivity index (χ0) is 44.5. The maximum atomic E-state index is 6.55. The molecule has 11 aromatic carbocycles. The molecule has 68 heavy (non-hydrogen) atoms. The fraction of sp³-hybridized carbons (Fsp3) is 0.0154. The molecule has 0 unspecified atom stereocenters.